The van der Waals surface area contributed by atoms with Crippen LogP contribution in [0.3, 0.4) is 0 Å². The topological polar surface area (TPSA) is 35.0 Å². The number of nitrogens with zero attached hydrogens (tertiary/aromatic N) is 2. The lowest BCUT2D eigenvalue weighted by molar-refractivity contribution is 0.303. The molecule has 4 heteroatoms. The molecule has 0 saturated carbocycles. The van der Waals surface area contributed by atoms with E-state index in [0.717, 1.165) is 11.1 Å². The third-order valence-corrected chi connectivity index (χ3v) is 2.04. The van der Waals surface area contributed by atoms with Gasteiger partial charge in [-0.1, -0.05) is 0 Å². The van der Waals surface area contributed by atoms with Gasteiger partial charge in [0.15, 0.2) is 0 Å². The van der Waals surface area contributed by atoms with Crippen molar-refractivity contribution in [3.63, 3.8) is 0 Å². The molecule has 0 fully saturated rings. The quantitative estimate of drug-likeness (QED) is 0.742. The zero-order valence-electron chi connectivity index (χ0n) is 8.85. The van der Waals surface area contributed by atoms with Crippen molar-refractivity contribution in [1.29, 1.82) is 0 Å². The van der Waals surface area contributed by atoms with Crippen LogP contribution < -0.4 is 4.74 Å². The molecule has 0 atom stereocenters. The van der Waals surface area contributed by atoms with E-state index in [2.05, 4.69) is 9.97 Å². The molecule has 0 aliphatic heterocycles. The average molecular weight is 218 g/mol. The second-order valence-electron chi connectivity index (χ2n) is 3.48. The van der Waals surface area contributed by atoms with Gasteiger partial charge in [0.1, 0.15) is 12.4 Å². The zero-order chi connectivity index (χ0) is 11.4. The van der Waals surface area contributed by atoms with Gasteiger partial charge in [0.25, 0.3) is 0 Å². The summed E-state index contributed by atoms with van der Waals surface area (Å²) >= 11 is 0. The van der Waals surface area contributed by atoms with Crippen LogP contribution >= 0.6 is 0 Å². The van der Waals surface area contributed by atoms with Gasteiger partial charge in [-0.15, -0.1) is 0 Å². The van der Waals surface area contributed by atoms with Gasteiger partial charge in [-0.05, 0) is 30.7 Å². The van der Waals surface area contributed by atoms with Crippen LogP contribution in [0.2, 0.25) is 0 Å². The minimum atomic E-state index is -0.510. The monoisotopic (exact) mass is 218 g/mol. The van der Waals surface area contributed by atoms with Gasteiger partial charge in [-0.3, -0.25) is 4.98 Å². The molecule has 0 radical (unpaired) electrons. The van der Waals surface area contributed by atoms with E-state index in [-0.39, 0.29) is 0 Å². The number of pyridine rings is 2. The maximum absolute atomic E-state index is 12.5. The van der Waals surface area contributed by atoms with Gasteiger partial charge in [0.2, 0.25) is 5.95 Å². The van der Waals surface area contributed by atoms with Gasteiger partial charge < -0.3 is 4.74 Å². The normalized spacial score (nSPS) is 10.1. The Bertz CT molecular complexity index is 471. The highest BCUT2D eigenvalue weighted by atomic mass is 19.1. The van der Waals surface area contributed by atoms with Crippen molar-refractivity contribution < 1.29 is 9.13 Å². The Balaban J connectivity index is 1.99. The van der Waals surface area contributed by atoms with Crippen molar-refractivity contribution in [3.8, 4) is 5.75 Å². The van der Waals surface area contributed by atoms with E-state index in [4.69, 9.17) is 4.74 Å². The Labute approximate surface area is 92.9 Å². The molecule has 82 valence electrons. The first-order valence-electron chi connectivity index (χ1n) is 4.89. The Hall–Kier alpha value is -1.97. The largest absolute Gasteiger partial charge is 0.487 e. The summed E-state index contributed by atoms with van der Waals surface area (Å²) in [5.41, 5.74) is 2.06. The van der Waals surface area contributed by atoms with Gasteiger partial charge in [0, 0.05) is 18.0 Å². The molecule has 0 aliphatic carbocycles. The minimum Gasteiger partial charge on any atom is -0.487 e. The summed E-state index contributed by atoms with van der Waals surface area (Å²) in [7, 11) is 0. The molecule has 0 unspecified atom stereocenters. The number of hydrogen-bond donors (Lipinski definition) is 0. The first-order chi connectivity index (χ1) is 7.74. The SMILES string of the molecule is Cc1cncc(COc2ccc(F)nc2)c1. The second kappa shape index (κ2) is 4.70. The van der Waals surface area contributed by atoms with Crippen molar-refractivity contribution in [3.05, 3.63) is 53.9 Å². The lowest BCUT2D eigenvalue weighted by Crippen LogP contribution is -1.97. The molecular weight excluding hydrogens is 207 g/mol. The fraction of sp³-hybridized carbons (Fsp3) is 0.167. The van der Waals surface area contributed by atoms with Gasteiger partial charge in [0.05, 0.1) is 6.20 Å². The van der Waals surface area contributed by atoms with Gasteiger partial charge in [-0.2, -0.15) is 4.39 Å². The van der Waals surface area contributed by atoms with Crippen molar-refractivity contribution in [2.24, 2.45) is 0 Å². The number of rotatable bonds is 3. The minimum absolute atomic E-state index is 0.405. The summed E-state index contributed by atoms with van der Waals surface area (Å²) in [5.74, 6) is 0.0347. The number of ether oxygens (including phenoxy) is 1. The van der Waals surface area contributed by atoms with Crippen molar-refractivity contribution in [2.75, 3.05) is 0 Å². The third-order valence-electron chi connectivity index (χ3n) is 2.04. The average Bonchev–Trinajstić information content (AvgIpc) is 2.28. The van der Waals surface area contributed by atoms with Crippen molar-refractivity contribution >= 4 is 0 Å². The van der Waals surface area contributed by atoms with Crippen molar-refractivity contribution in [1.82, 2.24) is 9.97 Å². The molecule has 2 aromatic rings. The van der Waals surface area contributed by atoms with E-state index in [1.54, 1.807) is 18.5 Å². The molecule has 2 aromatic heterocycles. The fourth-order valence-corrected chi connectivity index (χ4v) is 1.31. The number of aromatic nitrogens is 2. The lowest BCUT2D eigenvalue weighted by atomic mass is 10.2. The lowest BCUT2D eigenvalue weighted by Gasteiger charge is -2.05. The van der Waals surface area contributed by atoms with E-state index in [1.807, 2.05) is 13.0 Å². The van der Waals surface area contributed by atoms with E-state index in [0.29, 0.717) is 12.4 Å². The highest BCUT2D eigenvalue weighted by Crippen LogP contribution is 2.11. The predicted molar refractivity (Wildman–Crippen MR) is 57.5 cm³/mol. The molecule has 2 rings (SSSR count). The van der Waals surface area contributed by atoms with Crippen LogP contribution in [0.4, 0.5) is 4.39 Å². The van der Waals surface area contributed by atoms with Gasteiger partial charge in [-0.25, -0.2) is 4.98 Å². The molecule has 3 nitrogen and oxygen atoms in total. The molecule has 0 bridgehead atoms. The maximum Gasteiger partial charge on any atom is 0.213 e. The molecular formula is C12H11FN2O. The Morgan fingerprint density at radius 2 is 2.12 bits per heavy atom. The fourth-order valence-electron chi connectivity index (χ4n) is 1.31. The molecule has 2 heterocycles. The van der Waals surface area contributed by atoms with Crippen LogP contribution in [0.5, 0.6) is 5.75 Å². The molecule has 0 spiro atoms. The molecule has 0 N–H and O–H groups in total. The molecule has 16 heavy (non-hydrogen) atoms. The first kappa shape index (κ1) is 10.5. The molecule has 0 saturated heterocycles. The summed E-state index contributed by atoms with van der Waals surface area (Å²) in [6.07, 6.45) is 4.88. The first-order valence-corrected chi connectivity index (χ1v) is 4.89. The predicted octanol–water partition coefficient (Wildman–Crippen LogP) is 2.50. The summed E-state index contributed by atoms with van der Waals surface area (Å²) < 4.78 is 18.0. The standard InChI is InChI=1S/C12H11FN2O/c1-9-4-10(6-14-5-9)8-16-11-2-3-12(13)15-7-11/h2-7H,8H2,1H3. The Morgan fingerprint density at radius 3 is 2.81 bits per heavy atom. The van der Waals surface area contributed by atoms with Crippen LogP contribution in [0.25, 0.3) is 0 Å². The van der Waals surface area contributed by atoms with Gasteiger partial charge >= 0.3 is 0 Å². The highest BCUT2D eigenvalue weighted by Gasteiger charge is 1.98. The summed E-state index contributed by atoms with van der Waals surface area (Å²) in [6.45, 7) is 2.37. The van der Waals surface area contributed by atoms with Crippen LogP contribution in [0.1, 0.15) is 11.1 Å². The Kier molecular flexibility index (Phi) is 3.10. The number of hydrogen-bond acceptors (Lipinski definition) is 3. The highest BCUT2D eigenvalue weighted by molar-refractivity contribution is 5.19. The van der Waals surface area contributed by atoms with E-state index in [1.165, 1.54) is 12.3 Å². The van der Waals surface area contributed by atoms with Crippen molar-refractivity contribution in [2.45, 2.75) is 13.5 Å². The van der Waals surface area contributed by atoms with E-state index in [9.17, 15) is 4.39 Å². The van der Waals surface area contributed by atoms with E-state index >= 15 is 0 Å². The van der Waals surface area contributed by atoms with Crippen LogP contribution in [0, 0.1) is 12.9 Å². The Morgan fingerprint density at radius 1 is 1.25 bits per heavy atom. The molecule has 0 amide bonds. The second-order valence-corrected chi connectivity index (χ2v) is 3.48. The third kappa shape index (κ3) is 2.76. The molecule has 0 aliphatic rings. The summed E-state index contributed by atoms with van der Waals surface area (Å²) in [5, 5.41) is 0. The number of aryl methyl sites for hydroxylation is 1. The maximum atomic E-state index is 12.5. The van der Waals surface area contributed by atoms with Crippen LogP contribution in [-0.2, 0) is 6.61 Å². The molecule has 0 aromatic carbocycles. The smallest absolute Gasteiger partial charge is 0.213 e. The summed E-state index contributed by atoms with van der Waals surface area (Å²) in [6, 6.07) is 4.80. The summed E-state index contributed by atoms with van der Waals surface area (Å²) in [4.78, 5) is 7.56. The zero-order valence-corrected chi connectivity index (χ0v) is 8.85. The van der Waals surface area contributed by atoms with E-state index < -0.39 is 5.95 Å². The van der Waals surface area contributed by atoms with Crippen LogP contribution in [0.15, 0.2) is 36.8 Å². The number of halogens is 1. The van der Waals surface area contributed by atoms with Crippen LogP contribution in [-0.4, -0.2) is 9.97 Å².